The van der Waals surface area contributed by atoms with Crippen molar-refractivity contribution < 1.29 is 9.15 Å². The maximum atomic E-state index is 5.44. The Balaban J connectivity index is 1.94. The fourth-order valence-corrected chi connectivity index (χ4v) is 1.48. The lowest BCUT2D eigenvalue weighted by Gasteiger charge is -2.01. The van der Waals surface area contributed by atoms with Gasteiger partial charge in [0.05, 0.1) is 13.3 Å². The van der Waals surface area contributed by atoms with Gasteiger partial charge in [-0.25, -0.2) is 4.98 Å². The van der Waals surface area contributed by atoms with E-state index in [0.29, 0.717) is 11.8 Å². The van der Waals surface area contributed by atoms with Crippen LogP contribution in [0.3, 0.4) is 0 Å². The molecule has 0 radical (unpaired) electrons. The fourth-order valence-electron chi connectivity index (χ4n) is 1.48. The third-order valence-electron chi connectivity index (χ3n) is 2.36. The summed E-state index contributed by atoms with van der Waals surface area (Å²) in [6.07, 6.45) is 3.16. The maximum absolute atomic E-state index is 5.44. The number of aromatic nitrogens is 1. The van der Waals surface area contributed by atoms with Crippen LogP contribution in [-0.2, 0) is 12.8 Å². The number of benzene rings is 1. The number of oxazole rings is 1. The van der Waals surface area contributed by atoms with Crippen molar-refractivity contribution in [2.45, 2.75) is 12.8 Å². The molecule has 0 atom stereocenters. The van der Waals surface area contributed by atoms with Crippen molar-refractivity contribution in [3.8, 4) is 5.75 Å². The van der Waals surface area contributed by atoms with Crippen molar-refractivity contribution in [1.29, 1.82) is 0 Å². The molecule has 0 aliphatic heterocycles. The van der Waals surface area contributed by atoms with Crippen LogP contribution < -0.4 is 10.5 Å². The monoisotopic (exact) mass is 218 g/mol. The van der Waals surface area contributed by atoms with E-state index in [9.17, 15) is 0 Å². The summed E-state index contributed by atoms with van der Waals surface area (Å²) in [6, 6.07) is 7.95. The quantitative estimate of drug-likeness (QED) is 0.853. The Labute approximate surface area is 94.1 Å². The number of nitrogens with two attached hydrogens (primary N) is 1. The van der Waals surface area contributed by atoms with Crippen molar-refractivity contribution >= 4 is 5.88 Å². The Hall–Kier alpha value is -1.97. The lowest BCUT2D eigenvalue weighted by Crippen LogP contribution is -1.91. The third-order valence-corrected chi connectivity index (χ3v) is 2.36. The number of methoxy groups -OCH3 is 1. The lowest BCUT2D eigenvalue weighted by atomic mass is 10.1. The SMILES string of the molecule is COc1ccc(CCc2ncc(N)o2)cc1. The second-order valence-electron chi connectivity index (χ2n) is 3.50. The van der Waals surface area contributed by atoms with Crippen molar-refractivity contribution in [1.82, 2.24) is 4.98 Å². The summed E-state index contributed by atoms with van der Waals surface area (Å²) in [7, 11) is 1.66. The standard InChI is InChI=1S/C12H14N2O2/c1-15-10-5-2-9(3-6-10)4-7-12-14-8-11(13)16-12/h2-3,5-6,8H,4,7,13H2,1H3. The highest BCUT2D eigenvalue weighted by atomic mass is 16.5. The van der Waals surface area contributed by atoms with E-state index in [2.05, 4.69) is 4.98 Å². The minimum atomic E-state index is 0.365. The summed E-state index contributed by atoms with van der Waals surface area (Å²) in [4.78, 5) is 4.05. The molecule has 1 heterocycles. The lowest BCUT2D eigenvalue weighted by molar-refractivity contribution is 0.414. The molecule has 0 fully saturated rings. The van der Waals surface area contributed by atoms with E-state index < -0.39 is 0 Å². The molecule has 2 rings (SSSR count). The Kier molecular flexibility index (Phi) is 3.10. The molecule has 1 aromatic carbocycles. The van der Waals surface area contributed by atoms with Crippen LogP contribution in [0.5, 0.6) is 5.75 Å². The van der Waals surface area contributed by atoms with Crippen LogP contribution in [0.15, 0.2) is 34.9 Å². The first-order valence-electron chi connectivity index (χ1n) is 5.11. The molecule has 84 valence electrons. The van der Waals surface area contributed by atoms with Crippen molar-refractivity contribution in [2.24, 2.45) is 0 Å². The first kappa shape index (κ1) is 10.5. The van der Waals surface area contributed by atoms with Gasteiger partial charge in [-0.05, 0) is 24.1 Å². The number of nitrogen functional groups attached to an aromatic ring is 1. The van der Waals surface area contributed by atoms with Gasteiger partial charge in [0.2, 0.25) is 5.88 Å². The zero-order valence-electron chi connectivity index (χ0n) is 9.14. The molecule has 4 nitrogen and oxygen atoms in total. The Morgan fingerprint density at radius 2 is 2.00 bits per heavy atom. The molecule has 0 bridgehead atoms. The maximum Gasteiger partial charge on any atom is 0.211 e. The second-order valence-corrected chi connectivity index (χ2v) is 3.50. The zero-order chi connectivity index (χ0) is 11.4. The van der Waals surface area contributed by atoms with Gasteiger partial charge in [-0.3, -0.25) is 0 Å². The van der Waals surface area contributed by atoms with E-state index in [0.717, 1.165) is 18.6 Å². The summed E-state index contributed by atoms with van der Waals surface area (Å²) in [6.45, 7) is 0. The van der Waals surface area contributed by atoms with Crippen LogP contribution >= 0.6 is 0 Å². The molecule has 0 aliphatic carbocycles. The van der Waals surface area contributed by atoms with Crippen LogP contribution in [0, 0.1) is 0 Å². The minimum absolute atomic E-state index is 0.365. The molecule has 0 saturated carbocycles. The molecule has 0 aliphatic rings. The molecular formula is C12H14N2O2. The number of rotatable bonds is 4. The van der Waals surface area contributed by atoms with Gasteiger partial charge < -0.3 is 14.9 Å². The third kappa shape index (κ3) is 2.53. The number of aryl methyl sites for hydroxylation is 2. The summed E-state index contributed by atoms with van der Waals surface area (Å²) in [5, 5.41) is 0. The van der Waals surface area contributed by atoms with Gasteiger partial charge in [0.15, 0.2) is 5.89 Å². The van der Waals surface area contributed by atoms with Crippen molar-refractivity contribution in [2.75, 3.05) is 12.8 Å². The predicted molar refractivity (Wildman–Crippen MR) is 61.3 cm³/mol. The predicted octanol–water partition coefficient (Wildman–Crippen LogP) is 2.05. The van der Waals surface area contributed by atoms with Crippen LogP contribution in [0.2, 0.25) is 0 Å². The number of hydrogen-bond donors (Lipinski definition) is 1. The first-order chi connectivity index (χ1) is 7.78. The largest absolute Gasteiger partial charge is 0.497 e. The number of ether oxygens (including phenoxy) is 1. The van der Waals surface area contributed by atoms with E-state index in [-0.39, 0.29) is 0 Å². The molecule has 16 heavy (non-hydrogen) atoms. The number of anilines is 1. The van der Waals surface area contributed by atoms with E-state index >= 15 is 0 Å². The van der Waals surface area contributed by atoms with Gasteiger partial charge in [-0.2, -0.15) is 0 Å². The molecule has 1 aromatic heterocycles. The summed E-state index contributed by atoms with van der Waals surface area (Å²) in [5.74, 6) is 1.90. The molecule has 2 N–H and O–H groups in total. The molecular weight excluding hydrogens is 204 g/mol. The summed E-state index contributed by atoms with van der Waals surface area (Å²) < 4.78 is 10.3. The number of hydrogen-bond acceptors (Lipinski definition) is 4. The Morgan fingerprint density at radius 3 is 2.56 bits per heavy atom. The second kappa shape index (κ2) is 4.70. The van der Waals surface area contributed by atoms with Crippen LogP contribution in [0.25, 0.3) is 0 Å². The highest BCUT2D eigenvalue weighted by Crippen LogP contribution is 2.13. The van der Waals surface area contributed by atoms with E-state index in [1.165, 1.54) is 11.8 Å². The van der Waals surface area contributed by atoms with Gasteiger partial charge >= 0.3 is 0 Å². The van der Waals surface area contributed by atoms with Gasteiger partial charge in [-0.1, -0.05) is 12.1 Å². The van der Waals surface area contributed by atoms with Crippen molar-refractivity contribution in [3.63, 3.8) is 0 Å². The summed E-state index contributed by atoms with van der Waals surface area (Å²) in [5.41, 5.74) is 6.66. The van der Waals surface area contributed by atoms with E-state index in [1.54, 1.807) is 7.11 Å². The molecule has 0 saturated heterocycles. The highest BCUT2D eigenvalue weighted by Gasteiger charge is 2.01. The van der Waals surface area contributed by atoms with Gasteiger partial charge in [0.25, 0.3) is 0 Å². The van der Waals surface area contributed by atoms with Gasteiger partial charge in [-0.15, -0.1) is 0 Å². The Bertz CT molecular complexity index is 448. The normalized spacial score (nSPS) is 10.3. The molecule has 0 spiro atoms. The van der Waals surface area contributed by atoms with Gasteiger partial charge in [0.1, 0.15) is 5.75 Å². The molecule has 0 unspecified atom stereocenters. The average Bonchev–Trinajstić information content (AvgIpc) is 2.73. The average molecular weight is 218 g/mol. The van der Waals surface area contributed by atoms with E-state index in [4.69, 9.17) is 14.9 Å². The molecule has 0 amide bonds. The smallest absolute Gasteiger partial charge is 0.211 e. The first-order valence-corrected chi connectivity index (χ1v) is 5.11. The highest BCUT2D eigenvalue weighted by molar-refractivity contribution is 5.27. The zero-order valence-corrected chi connectivity index (χ0v) is 9.14. The topological polar surface area (TPSA) is 61.3 Å². The van der Waals surface area contributed by atoms with Crippen LogP contribution in [0.4, 0.5) is 5.88 Å². The van der Waals surface area contributed by atoms with Gasteiger partial charge in [0, 0.05) is 6.42 Å². The van der Waals surface area contributed by atoms with Crippen LogP contribution in [-0.4, -0.2) is 12.1 Å². The molecule has 4 heteroatoms. The van der Waals surface area contributed by atoms with E-state index in [1.807, 2.05) is 24.3 Å². The Morgan fingerprint density at radius 1 is 1.25 bits per heavy atom. The van der Waals surface area contributed by atoms with Crippen LogP contribution in [0.1, 0.15) is 11.5 Å². The summed E-state index contributed by atoms with van der Waals surface area (Å²) >= 11 is 0. The number of nitrogens with zero attached hydrogens (tertiary/aromatic N) is 1. The van der Waals surface area contributed by atoms with Crippen molar-refractivity contribution in [3.05, 3.63) is 41.9 Å². The minimum Gasteiger partial charge on any atom is -0.497 e. The fraction of sp³-hybridized carbons (Fsp3) is 0.250. The molecule has 2 aromatic rings.